The molecule has 1 fully saturated rings. The van der Waals surface area contributed by atoms with Crippen molar-refractivity contribution in [2.75, 3.05) is 25.5 Å². The third-order valence-corrected chi connectivity index (χ3v) is 4.37. The van der Waals surface area contributed by atoms with Gasteiger partial charge in [-0.3, -0.25) is 0 Å². The number of benzene rings is 2. The molecule has 0 spiro atoms. The summed E-state index contributed by atoms with van der Waals surface area (Å²) in [6.45, 7) is -0.000378. The van der Waals surface area contributed by atoms with Gasteiger partial charge in [0.25, 0.3) is 0 Å². The molecule has 3 rings (SSSR count). The van der Waals surface area contributed by atoms with Crippen molar-refractivity contribution < 1.29 is 23.8 Å². The van der Waals surface area contributed by atoms with Gasteiger partial charge in [0.1, 0.15) is 17.7 Å². The molecule has 0 aliphatic carbocycles. The van der Waals surface area contributed by atoms with Crippen molar-refractivity contribution in [2.45, 2.75) is 18.7 Å². The molecular weight excluding hydrogens is 375 g/mol. The lowest BCUT2D eigenvalue weighted by molar-refractivity contribution is 0.0450. The smallest absolute Gasteiger partial charge is 0.322 e. The van der Waals surface area contributed by atoms with Crippen molar-refractivity contribution >= 4 is 23.3 Å². The van der Waals surface area contributed by atoms with Crippen molar-refractivity contribution in [2.24, 2.45) is 0 Å². The van der Waals surface area contributed by atoms with Gasteiger partial charge in [-0.05, 0) is 42.5 Å². The number of hydrogen-bond acceptors (Lipinski definition) is 4. The zero-order valence-corrected chi connectivity index (χ0v) is 15.4. The Balaban J connectivity index is 1.76. The highest BCUT2D eigenvalue weighted by Crippen LogP contribution is 2.33. The molecule has 2 aromatic carbocycles. The SMILES string of the molecule is COc1ccc(Oc2ccc(Cl)cc2NC(=O)N2C[C@@H](O)C[C@@H](F)C2)cc1. The van der Waals surface area contributed by atoms with Crippen LogP contribution >= 0.6 is 11.6 Å². The van der Waals surface area contributed by atoms with Gasteiger partial charge in [-0.15, -0.1) is 0 Å². The van der Waals surface area contributed by atoms with Crippen LogP contribution < -0.4 is 14.8 Å². The van der Waals surface area contributed by atoms with Crippen LogP contribution in [0, 0.1) is 0 Å². The number of nitrogens with one attached hydrogen (secondary N) is 1. The Morgan fingerprint density at radius 3 is 2.59 bits per heavy atom. The minimum Gasteiger partial charge on any atom is -0.497 e. The summed E-state index contributed by atoms with van der Waals surface area (Å²) in [5, 5.41) is 12.8. The number of aliphatic hydroxyl groups is 1. The fourth-order valence-corrected chi connectivity index (χ4v) is 3.00. The van der Waals surface area contributed by atoms with Crippen LogP contribution in [0.3, 0.4) is 0 Å². The van der Waals surface area contributed by atoms with E-state index in [4.69, 9.17) is 21.1 Å². The summed E-state index contributed by atoms with van der Waals surface area (Å²) >= 11 is 6.04. The van der Waals surface area contributed by atoms with E-state index in [-0.39, 0.29) is 19.5 Å². The van der Waals surface area contributed by atoms with Gasteiger partial charge in [0.15, 0.2) is 5.75 Å². The predicted octanol–water partition coefficient (Wildman–Crippen LogP) is 4.08. The Bertz CT molecular complexity index is 793. The third kappa shape index (κ3) is 5.02. The normalized spacial score (nSPS) is 19.5. The first-order valence-corrected chi connectivity index (χ1v) is 8.82. The number of likely N-dealkylation sites (tertiary alicyclic amines) is 1. The second-order valence-corrected chi connectivity index (χ2v) is 6.68. The van der Waals surface area contributed by atoms with Gasteiger partial charge in [0, 0.05) is 18.0 Å². The minimum atomic E-state index is -1.26. The highest BCUT2D eigenvalue weighted by Gasteiger charge is 2.29. The molecule has 0 unspecified atom stereocenters. The van der Waals surface area contributed by atoms with E-state index in [9.17, 15) is 14.3 Å². The van der Waals surface area contributed by atoms with Crippen molar-refractivity contribution in [1.29, 1.82) is 0 Å². The minimum absolute atomic E-state index is 0.0345. The molecule has 27 heavy (non-hydrogen) atoms. The molecule has 2 N–H and O–H groups in total. The van der Waals surface area contributed by atoms with E-state index in [1.165, 1.54) is 4.90 Å². The highest BCUT2D eigenvalue weighted by atomic mass is 35.5. The van der Waals surface area contributed by atoms with Gasteiger partial charge >= 0.3 is 6.03 Å². The Morgan fingerprint density at radius 2 is 1.93 bits per heavy atom. The molecule has 8 heteroatoms. The summed E-state index contributed by atoms with van der Waals surface area (Å²) in [7, 11) is 1.57. The lowest BCUT2D eigenvalue weighted by atomic mass is 10.1. The monoisotopic (exact) mass is 394 g/mol. The van der Waals surface area contributed by atoms with Crippen molar-refractivity contribution in [3.05, 3.63) is 47.5 Å². The predicted molar refractivity (Wildman–Crippen MR) is 101 cm³/mol. The number of carbonyl (C=O) groups is 1. The molecule has 0 aromatic heterocycles. The Labute approximate surface area is 161 Å². The van der Waals surface area contributed by atoms with Crippen LogP contribution in [0.1, 0.15) is 6.42 Å². The van der Waals surface area contributed by atoms with Crippen LogP contribution in [0.2, 0.25) is 5.02 Å². The topological polar surface area (TPSA) is 71.0 Å². The first-order chi connectivity index (χ1) is 12.9. The number of amides is 2. The molecular formula is C19H20ClFN2O4. The number of ether oxygens (including phenoxy) is 2. The molecule has 1 heterocycles. The Kier molecular flexibility index (Phi) is 6.03. The van der Waals surface area contributed by atoms with Gasteiger partial charge in [-0.25, -0.2) is 9.18 Å². The van der Waals surface area contributed by atoms with Gasteiger partial charge < -0.3 is 24.8 Å². The largest absolute Gasteiger partial charge is 0.497 e. The zero-order valence-electron chi connectivity index (χ0n) is 14.7. The summed E-state index contributed by atoms with van der Waals surface area (Å²) in [4.78, 5) is 13.7. The maximum absolute atomic E-state index is 13.6. The first-order valence-electron chi connectivity index (χ1n) is 8.44. The number of β-amino-alcohol motifs (C(OH)–C–C–N with tert-alkyl or cyclic N) is 1. The summed E-state index contributed by atoms with van der Waals surface area (Å²) in [5.74, 6) is 1.62. The Morgan fingerprint density at radius 1 is 1.22 bits per heavy atom. The third-order valence-electron chi connectivity index (χ3n) is 4.14. The van der Waals surface area contributed by atoms with Crippen LogP contribution in [0.5, 0.6) is 17.2 Å². The summed E-state index contributed by atoms with van der Waals surface area (Å²) in [6, 6.07) is 11.2. The van der Waals surface area contributed by atoms with E-state index in [0.717, 1.165) is 0 Å². The molecule has 2 aromatic rings. The van der Waals surface area contributed by atoms with E-state index in [1.54, 1.807) is 49.6 Å². The van der Waals surface area contributed by atoms with Crippen molar-refractivity contribution in [1.82, 2.24) is 4.90 Å². The maximum atomic E-state index is 13.6. The molecule has 2 amide bonds. The molecule has 1 aliphatic rings. The number of carbonyl (C=O) groups excluding carboxylic acids is 1. The second-order valence-electron chi connectivity index (χ2n) is 6.24. The van der Waals surface area contributed by atoms with E-state index < -0.39 is 18.3 Å². The fraction of sp³-hybridized carbons (Fsp3) is 0.316. The number of anilines is 1. The van der Waals surface area contributed by atoms with Crippen LogP contribution in [0.25, 0.3) is 0 Å². The summed E-state index contributed by atoms with van der Waals surface area (Å²) in [5.41, 5.74) is 0.346. The summed E-state index contributed by atoms with van der Waals surface area (Å²) in [6.07, 6.45) is -2.10. The Hall–Kier alpha value is -2.51. The van der Waals surface area contributed by atoms with Crippen LogP contribution in [0.4, 0.5) is 14.9 Å². The van der Waals surface area contributed by atoms with Crippen molar-refractivity contribution in [3.8, 4) is 17.2 Å². The lowest BCUT2D eigenvalue weighted by Gasteiger charge is -2.32. The lowest BCUT2D eigenvalue weighted by Crippen LogP contribution is -2.48. The van der Waals surface area contributed by atoms with Crippen LogP contribution in [-0.4, -0.2) is 48.5 Å². The number of piperidine rings is 1. The van der Waals surface area contributed by atoms with E-state index >= 15 is 0 Å². The number of hydrogen-bond donors (Lipinski definition) is 2. The summed E-state index contributed by atoms with van der Waals surface area (Å²) < 4.78 is 24.6. The molecule has 1 saturated heterocycles. The first kappa shape index (κ1) is 19.3. The van der Waals surface area contributed by atoms with Crippen LogP contribution in [0.15, 0.2) is 42.5 Å². The number of methoxy groups -OCH3 is 1. The number of urea groups is 1. The molecule has 0 saturated carbocycles. The number of rotatable bonds is 4. The van der Waals surface area contributed by atoms with E-state index in [0.29, 0.717) is 28.0 Å². The maximum Gasteiger partial charge on any atom is 0.322 e. The number of alkyl halides is 1. The highest BCUT2D eigenvalue weighted by molar-refractivity contribution is 6.31. The van der Waals surface area contributed by atoms with E-state index in [2.05, 4.69) is 5.32 Å². The average molecular weight is 395 g/mol. The van der Waals surface area contributed by atoms with Gasteiger partial charge in [-0.2, -0.15) is 0 Å². The van der Waals surface area contributed by atoms with Gasteiger partial charge in [0.2, 0.25) is 0 Å². The molecule has 2 atom stereocenters. The number of nitrogens with zero attached hydrogens (tertiary/aromatic N) is 1. The van der Waals surface area contributed by atoms with Crippen LogP contribution in [-0.2, 0) is 0 Å². The zero-order chi connectivity index (χ0) is 19.4. The molecule has 1 aliphatic heterocycles. The number of aliphatic hydroxyl groups excluding tert-OH is 1. The van der Waals surface area contributed by atoms with Crippen molar-refractivity contribution in [3.63, 3.8) is 0 Å². The quantitative estimate of drug-likeness (QED) is 0.819. The molecule has 6 nitrogen and oxygen atoms in total. The average Bonchev–Trinajstić information content (AvgIpc) is 2.63. The van der Waals surface area contributed by atoms with E-state index in [1.807, 2.05) is 0 Å². The number of halogens is 2. The second kappa shape index (κ2) is 8.45. The molecule has 0 bridgehead atoms. The molecule has 0 radical (unpaired) electrons. The van der Waals surface area contributed by atoms with Gasteiger partial charge in [0.05, 0.1) is 25.4 Å². The fourth-order valence-electron chi connectivity index (χ4n) is 2.83. The standard InChI is InChI=1S/C19H20ClFN2O4/c1-26-15-3-5-16(6-4-15)27-18-7-2-12(20)8-17(18)22-19(25)23-10-13(21)9-14(24)11-23/h2-8,13-14,24H,9-11H2,1H3,(H,22,25)/t13-,14+/m1/s1. The molecule has 144 valence electrons. The van der Waals surface area contributed by atoms with Gasteiger partial charge in [-0.1, -0.05) is 11.6 Å².